The Balaban J connectivity index is 1.97. The van der Waals surface area contributed by atoms with Gasteiger partial charge in [-0.25, -0.2) is 4.79 Å². The van der Waals surface area contributed by atoms with Crippen molar-refractivity contribution in [2.75, 3.05) is 38.5 Å². The minimum atomic E-state index is -0.518. The van der Waals surface area contributed by atoms with Gasteiger partial charge in [0.15, 0.2) is 0 Å². The highest BCUT2D eigenvalue weighted by atomic mass is 35.5. The monoisotopic (exact) mass is 366 g/mol. The van der Waals surface area contributed by atoms with E-state index in [-0.39, 0.29) is 11.9 Å². The number of hydrogen-bond acceptors (Lipinski definition) is 3. The van der Waals surface area contributed by atoms with Gasteiger partial charge in [0.2, 0.25) is 5.91 Å². The van der Waals surface area contributed by atoms with Gasteiger partial charge in [-0.1, -0.05) is 25.4 Å². The van der Waals surface area contributed by atoms with Crippen LogP contribution in [0.1, 0.15) is 20.3 Å². The van der Waals surface area contributed by atoms with Crippen LogP contribution in [0, 0.1) is 5.92 Å². The first kappa shape index (κ1) is 19.5. The van der Waals surface area contributed by atoms with Crippen LogP contribution in [0.2, 0.25) is 5.02 Å². The molecule has 1 aliphatic rings. The number of halogens is 1. The van der Waals surface area contributed by atoms with Gasteiger partial charge in [-0.3, -0.25) is 4.79 Å². The Morgan fingerprint density at radius 1 is 1.12 bits per heavy atom. The summed E-state index contributed by atoms with van der Waals surface area (Å²) in [4.78, 5) is 29.2. The molecule has 6 nitrogen and oxygen atoms in total. The summed E-state index contributed by atoms with van der Waals surface area (Å²) < 4.78 is 0. The third-order valence-corrected chi connectivity index (χ3v) is 4.48. The second kappa shape index (κ2) is 9.06. The fraction of sp³-hybridized carbons (Fsp3) is 0.556. The number of benzene rings is 1. The largest absolute Gasteiger partial charge is 0.338 e. The molecule has 0 aliphatic carbocycles. The van der Waals surface area contributed by atoms with Gasteiger partial charge in [-0.15, -0.1) is 0 Å². The zero-order valence-corrected chi connectivity index (χ0v) is 15.8. The molecule has 1 fully saturated rings. The summed E-state index contributed by atoms with van der Waals surface area (Å²) in [5.74, 6) is 0.297. The molecule has 0 radical (unpaired) electrons. The van der Waals surface area contributed by atoms with E-state index in [1.54, 1.807) is 24.3 Å². The zero-order valence-electron chi connectivity index (χ0n) is 15.1. The summed E-state index contributed by atoms with van der Waals surface area (Å²) in [6.07, 6.45) is 0.610. The number of amides is 3. The SMILES string of the molecule is CC(C)C[C@H](NC(=O)Nc1ccc(Cl)cc1)C(=O)N1CCN(C)CC1. The molecule has 1 atom stereocenters. The Kier molecular flexibility index (Phi) is 7.08. The lowest BCUT2D eigenvalue weighted by Gasteiger charge is -2.35. The highest BCUT2D eigenvalue weighted by molar-refractivity contribution is 6.30. The second-order valence-electron chi connectivity index (χ2n) is 6.92. The molecule has 0 spiro atoms. The fourth-order valence-corrected chi connectivity index (χ4v) is 2.92. The quantitative estimate of drug-likeness (QED) is 0.842. The zero-order chi connectivity index (χ0) is 18.4. The maximum Gasteiger partial charge on any atom is 0.319 e. The lowest BCUT2D eigenvalue weighted by Crippen LogP contribution is -2.55. The molecule has 0 unspecified atom stereocenters. The molecule has 1 aromatic carbocycles. The first-order valence-corrected chi connectivity index (χ1v) is 9.03. The number of likely N-dealkylation sites (N-methyl/N-ethyl adjacent to an activating group) is 1. The Hall–Kier alpha value is -1.79. The Morgan fingerprint density at radius 2 is 1.72 bits per heavy atom. The van der Waals surface area contributed by atoms with E-state index in [2.05, 4.69) is 15.5 Å². The number of urea groups is 1. The normalized spacial score (nSPS) is 16.6. The van der Waals surface area contributed by atoms with Crippen molar-refractivity contribution in [1.82, 2.24) is 15.1 Å². The summed E-state index contributed by atoms with van der Waals surface area (Å²) in [5.41, 5.74) is 0.636. The average molecular weight is 367 g/mol. The van der Waals surface area contributed by atoms with E-state index in [0.29, 0.717) is 36.1 Å². The van der Waals surface area contributed by atoms with Crippen LogP contribution in [0.25, 0.3) is 0 Å². The number of hydrogen-bond donors (Lipinski definition) is 2. The van der Waals surface area contributed by atoms with E-state index in [1.807, 2.05) is 25.8 Å². The smallest absolute Gasteiger partial charge is 0.319 e. The van der Waals surface area contributed by atoms with Crippen LogP contribution in [0.4, 0.5) is 10.5 Å². The topological polar surface area (TPSA) is 64.7 Å². The van der Waals surface area contributed by atoms with Gasteiger partial charge in [-0.05, 0) is 43.7 Å². The Labute approximate surface area is 154 Å². The molecule has 0 aromatic heterocycles. The molecule has 1 saturated heterocycles. The van der Waals surface area contributed by atoms with Crippen molar-refractivity contribution < 1.29 is 9.59 Å². The van der Waals surface area contributed by atoms with E-state index in [1.165, 1.54) is 0 Å². The number of carbonyl (C=O) groups is 2. The maximum atomic E-state index is 12.8. The summed E-state index contributed by atoms with van der Waals surface area (Å²) >= 11 is 5.85. The van der Waals surface area contributed by atoms with Crippen molar-refractivity contribution >= 4 is 29.2 Å². The van der Waals surface area contributed by atoms with Crippen LogP contribution in [0.5, 0.6) is 0 Å². The number of rotatable bonds is 5. The van der Waals surface area contributed by atoms with E-state index < -0.39 is 6.04 Å². The average Bonchev–Trinajstić information content (AvgIpc) is 2.56. The molecule has 3 amide bonds. The van der Waals surface area contributed by atoms with Gasteiger partial charge in [0.1, 0.15) is 6.04 Å². The molecule has 0 saturated carbocycles. The first-order valence-electron chi connectivity index (χ1n) is 8.65. The van der Waals surface area contributed by atoms with Crippen molar-refractivity contribution in [3.63, 3.8) is 0 Å². The summed E-state index contributed by atoms with van der Waals surface area (Å²) in [7, 11) is 2.05. The number of nitrogens with zero attached hydrogens (tertiary/aromatic N) is 2. The molecule has 25 heavy (non-hydrogen) atoms. The third-order valence-electron chi connectivity index (χ3n) is 4.23. The van der Waals surface area contributed by atoms with Gasteiger partial charge in [0, 0.05) is 36.9 Å². The van der Waals surface area contributed by atoms with Crippen LogP contribution in [0.3, 0.4) is 0 Å². The Bertz CT molecular complexity index is 583. The van der Waals surface area contributed by atoms with E-state index in [0.717, 1.165) is 13.1 Å². The van der Waals surface area contributed by atoms with Crippen molar-refractivity contribution in [1.29, 1.82) is 0 Å². The molecular formula is C18H27ClN4O2. The van der Waals surface area contributed by atoms with Crippen molar-refractivity contribution in [2.24, 2.45) is 5.92 Å². The van der Waals surface area contributed by atoms with Crippen LogP contribution in [0.15, 0.2) is 24.3 Å². The predicted octanol–water partition coefficient (Wildman–Crippen LogP) is 2.65. The van der Waals surface area contributed by atoms with Crippen LogP contribution < -0.4 is 10.6 Å². The first-order chi connectivity index (χ1) is 11.8. The fourth-order valence-electron chi connectivity index (χ4n) is 2.80. The molecule has 2 rings (SSSR count). The van der Waals surface area contributed by atoms with E-state index >= 15 is 0 Å². The van der Waals surface area contributed by atoms with Gasteiger partial charge in [-0.2, -0.15) is 0 Å². The van der Waals surface area contributed by atoms with E-state index in [9.17, 15) is 9.59 Å². The van der Waals surface area contributed by atoms with Crippen LogP contribution >= 0.6 is 11.6 Å². The number of anilines is 1. The number of nitrogens with one attached hydrogen (secondary N) is 2. The molecule has 2 N–H and O–H groups in total. The number of carbonyl (C=O) groups excluding carboxylic acids is 2. The van der Waals surface area contributed by atoms with Gasteiger partial charge < -0.3 is 20.4 Å². The Morgan fingerprint density at radius 3 is 2.28 bits per heavy atom. The molecule has 138 valence electrons. The molecule has 1 heterocycles. The standard InChI is InChI=1S/C18H27ClN4O2/c1-13(2)12-16(17(24)23-10-8-22(3)9-11-23)21-18(25)20-15-6-4-14(19)5-7-15/h4-7,13,16H,8-12H2,1-3H3,(H2,20,21,25)/t16-/m0/s1. The molecule has 7 heteroatoms. The molecule has 1 aromatic rings. The molecule has 0 bridgehead atoms. The van der Waals surface area contributed by atoms with Crippen LogP contribution in [-0.2, 0) is 4.79 Å². The highest BCUT2D eigenvalue weighted by Crippen LogP contribution is 2.14. The minimum Gasteiger partial charge on any atom is -0.338 e. The van der Waals surface area contributed by atoms with Crippen molar-refractivity contribution in [3.8, 4) is 0 Å². The van der Waals surface area contributed by atoms with Gasteiger partial charge in [0.05, 0.1) is 0 Å². The third kappa shape index (κ3) is 6.21. The number of piperazine rings is 1. The summed E-state index contributed by atoms with van der Waals surface area (Å²) in [6.45, 7) is 7.20. The highest BCUT2D eigenvalue weighted by Gasteiger charge is 2.28. The predicted molar refractivity (Wildman–Crippen MR) is 101 cm³/mol. The van der Waals surface area contributed by atoms with Crippen LogP contribution in [-0.4, -0.2) is 61.0 Å². The van der Waals surface area contributed by atoms with Gasteiger partial charge >= 0.3 is 6.03 Å². The van der Waals surface area contributed by atoms with Crippen molar-refractivity contribution in [2.45, 2.75) is 26.3 Å². The lowest BCUT2D eigenvalue weighted by atomic mass is 10.0. The van der Waals surface area contributed by atoms with E-state index in [4.69, 9.17) is 11.6 Å². The summed E-state index contributed by atoms with van der Waals surface area (Å²) in [6, 6.07) is 5.96. The minimum absolute atomic E-state index is 0.00643. The van der Waals surface area contributed by atoms with Gasteiger partial charge in [0.25, 0.3) is 0 Å². The maximum absolute atomic E-state index is 12.8. The second-order valence-corrected chi connectivity index (χ2v) is 7.35. The summed E-state index contributed by atoms with van der Waals surface area (Å²) in [5, 5.41) is 6.19. The lowest BCUT2D eigenvalue weighted by molar-refractivity contribution is -0.135. The van der Waals surface area contributed by atoms with Crippen molar-refractivity contribution in [3.05, 3.63) is 29.3 Å². The molecule has 1 aliphatic heterocycles. The molecular weight excluding hydrogens is 340 g/mol.